The van der Waals surface area contributed by atoms with E-state index in [2.05, 4.69) is 194 Å². The van der Waals surface area contributed by atoms with E-state index < -0.39 is 8.07 Å². The second-order valence-corrected chi connectivity index (χ2v) is 22.2. The van der Waals surface area contributed by atoms with Gasteiger partial charge >= 0.3 is 0 Å². The maximum Gasteiger partial charge on any atom is 0.113 e. The molecule has 0 bridgehead atoms. The lowest BCUT2D eigenvalue weighted by Crippen LogP contribution is -2.49. The number of fused-ring (bicyclic) bond motifs is 13. The molecule has 0 amide bonds. The molecule has 264 valence electrons. The number of benzene rings is 9. The standard InChI is InChI=1S/C52H35NS2Si/c1-56(2)48-14-8-7-13-41(48)42-25-22-39(31-49(42)56)53(37-20-17-33(18-21-37)36-16-15-32-9-3-4-11-35(32)29-36)38-23-26-45-44(30-38)51-46(54-45)27-28-47-50(51)43-24-19-34-10-5-6-12-40(34)52(43)55-47/h3-31H,1-2H3. The number of hydrogen-bond donors (Lipinski definition) is 0. The van der Waals surface area contributed by atoms with Crippen molar-refractivity contribution in [1.82, 2.24) is 0 Å². The Morgan fingerprint density at radius 2 is 1.02 bits per heavy atom. The predicted octanol–water partition coefficient (Wildman–Crippen LogP) is 14.7. The van der Waals surface area contributed by atoms with E-state index in [0.717, 1.165) is 5.69 Å². The van der Waals surface area contributed by atoms with Crippen molar-refractivity contribution in [2.24, 2.45) is 0 Å². The molecule has 1 aliphatic heterocycles. The van der Waals surface area contributed by atoms with Gasteiger partial charge in [0.2, 0.25) is 0 Å². The minimum atomic E-state index is -1.90. The molecule has 1 aliphatic rings. The van der Waals surface area contributed by atoms with Crippen molar-refractivity contribution in [3.8, 4) is 22.3 Å². The van der Waals surface area contributed by atoms with Gasteiger partial charge in [0.25, 0.3) is 0 Å². The molecule has 0 aliphatic carbocycles. The number of anilines is 3. The number of nitrogens with zero attached hydrogens (tertiary/aromatic N) is 1. The average Bonchev–Trinajstić information content (AvgIpc) is 3.88. The Labute approximate surface area is 334 Å². The molecular weight excluding hydrogens is 731 g/mol. The van der Waals surface area contributed by atoms with Crippen LogP contribution in [0.1, 0.15) is 0 Å². The second kappa shape index (κ2) is 12.0. The molecular formula is C52H35NS2Si. The first-order valence-electron chi connectivity index (χ1n) is 19.3. The Morgan fingerprint density at radius 1 is 0.393 bits per heavy atom. The van der Waals surface area contributed by atoms with Crippen molar-refractivity contribution in [3.05, 3.63) is 176 Å². The molecule has 4 heteroatoms. The van der Waals surface area contributed by atoms with Gasteiger partial charge in [-0.25, -0.2) is 0 Å². The second-order valence-electron chi connectivity index (χ2n) is 15.7. The van der Waals surface area contributed by atoms with Crippen LogP contribution in [-0.2, 0) is 0 Å². The Hall–Kier alpha value is -6.04. The van der Waals surface area contributed by atoms with Gasteiger partial charge in [0.15, 0.2) is 0 Å². The fourth-order valence-electron chi connectivity index (χ4n) is 9.44. The molecule has 0 saturated heterocycles. The van der Waals surface area contributed by atoms with E-state index in [1.807, 2.05) is 22.7 Å². The average molecular weight is 766 g/mol. The van der Waals surface area contributed by atoms with Gasteiger partial charge in [-0.05, 0) is 115 Å². The molecule has 1 nitrogen and oxygen atoms in total. The van der Waals surface area contributed by atoms with Gasteiger partial charge in [0, 0.05) is 57.4 Å². The topological polar surface area (TPSA) is 3.24 Å². The molecule has 0 fully saturated rings. The highest BCUT2D eigenvalue weighted by atomic mass is 32.1. The minimum absolute atomic E-state index is 1.15. The highest BCUT2D eigenvalue weighted by Crippen LogP contribution is 2.48. The summed E-state index contributed by atoms with van der Waals surface area (Å²) in [6, 6.07) is 66.1. The van der Waals surface area contributed by atoms with Crippen LogP contribution in [0.5, 0.6) is 0 Å². The summed E-state index contributed by atoms with van der Waals surface area (Å²) in [7, 11) is -1.90. The van der Waals surface area contributed by atoms with Crippen LogP contribution in [0, 0.1) is 0 Å². The van der Waals surface area contributed by atoms with Crippen LogP contribution in [0.25, 0.3) is 84.1 Å². The largest absolute Gasteiger partial charge is 0.310 e. The third-order valence-electron chi connectivity index (χ3n) is 12.2. The highest BCUT2D eigenvalue weighted by molar-refractivity contribution is 7.28. The van der Waals surface area contributed by atoms with E-state index in [9.17, 15) is 0 Å². The van der Waals surface area contributed by atoms with Gasteiger partial charge in [-0.1, -0.05) is 128 Å². The predicted molar refractivity (Wildman–Crippen MR) is 250 cm³/mol. The monoisotopic (exact) mass is 765 g/mol. The lowest BCUT2D eigenvalue weighted by atomic mass is 10.0. The van der Waals surface area contributed by atoms with Crippen LogP contribution in [0.4, 0.5) is 17.1 Å². The smallest absolute Gasteiger partial charge is 0.113 e. The van der Waals surface area contributed by atoms with Crippen LogP contribution in [0.15, 0.2) is 176 Å². The van der Waals surface area contributed by atoms with Crippen molar-refractivity contribution >= 4 is 120 Å². The fraction of sp³-hybridized carbons (Fsp3) is 0.0385. The zero-order chi connectivity index (χ0) is 37.1. The number of thiophene rings is 2. The van der Waals surface area contributed by atoms with Gasteiger partial charge in [-0.2, -0.15) is 0 Å². The molecule has 11 aromatic rings. The Bertz CT molecular complexity index is 3410. The van der Waals surface area contributed by atoms with Crippen molar-refractivity contribution in [2.75, 3.05) is 4.90 Å². The van der Waals surface area contributed by atoms with Crippen molar-refractivity contribution in [2.45, 2.75) is 13.1 Å². The van der Waals surface area contributed by atoms with Crippen molar-refractivity contribution in [3.63, 3.8) is 0 Å². The molecule has 56 heavy (non-hydrogen) atoms. The maximum atomic E-state index is 2.51. The third-order valence-corrected chi connectivity index (χ3v) is 18.1. The van der Waals surface area contributed by atoms with Crippen molar-refractivity contribution in [1.29, 1.82) is 0 Å². The maximum absolute atomic E-state index is 2.51. The summed E-state index contributed by atoms with van der Waals surface area (Å²) in [4.78, 5) is 2.49. The molecule has 0 unspecified atom stereocenters. The molecule has 12 rings (SSSR count). The normalized spacial score (nSPS) is 13.3. The van der Waals surface area contributed by atoms with Crippen LogP contribution in [-0.4, -0.2) is 8.07 Å². The lowest BCUT2D eigenvalue weighted by molar-refractivity contribution is 1.29. The Morgan fingerprint density at radius 3 is 1.89 bits per heavy atom. The highest BCUT2D eigenvalue weighted by Gasteiger charge is 2.37. The van der Waals surface area contributed by atoms with Crippen molar-refractivity contribution < 1.29 is 0 Å². The summed E-state index contributed by atoms with van der Waals surface area (Å²) in [5.41, 5.74) is 8.78. The molecule has 0 spiro atoms. The molecule has 0 atom stereocenters. The van der Waals surface area contributed by atoms with Crippen LogP contribution in [0.2, 0.25) is 13.1 Å². The van der Waals surface area contributed by atoms with E-state index in [1.54, 1.807) is 0 Å². The van der Waals surface area contributed by atoms with Gasteiger partial charge in [-0.3, -0.25) is 0 Å². The fourth-order valence-corrected chi connectivity index (χ4v) is 14.9. The SMILES string of the molecule is C[Si]1(C)c2ccccc2-c2ccc(N(c3ccc(-c4ccc5ccccc5c4)cc3)c3ccc4sc5ccc6sc7c8ccccc8ccc7c6c5c4c3)cc21. The molecule has 3 heterocycles. The number of rotatable bonds is 4. The number of hydrogen-bond acceptors (Lipinski definition) is 3. The summed E-state index contributed by atoms with van der Waals surface area (Å²) < 4.78 is 5.38. The lowest BCUT2D eigenvalue weighted by Gasteiger charge is -2.28. The zero-order valence-electron chi connectivity index (χ0n) is 31.0. The summed E-state index contributed by atoms with van der Waals surface area (Å²) in [6.45, 7) is 5.01. The quantitative estimate of drug-likeness (QED) is 0.161. The third kappa shape index (κ3) is 4.70. The molecule has 9 aromatic carbocycles. The first-order valence-corrected chi connectivity index (χ1v) is 24.0. The van der Waals surface area contributed by atoms with E-state index in [0.29, 0.717) is 0 Å². The van der Waals surface area contributed by atoms with Crippen LogP contribution < -0.4 is 15.3 Å². The van der Waals surface area contributed by atoms with E-state index in [1.165, 1.54) is 106 Å². The minimum Gasteiger partial charge on any atom is -0.310 e. The summed E-state index contributed by atoms with van der Waals surface area (Å²) in [6.07, 6.45) is 0. The summed E-state index contributed by atoms with van der Waals surface area (Å²) in [5, 5.41) is 13.6. The summed E-state index contributed by atoms with van der Waals surface area (Å²) in [5.74, 6) is 0. The first kappa shape index (κ1) is 32.2. The molecule has 2 aromatic heterocycles. The van der Waals surface area contributed by atoms with Crippen LogP contribution in [0.3, 0.4) is 0 Å². The van der Waals surface area contributed by atoms with Gasteiger partial charge < -0.3 is 4.90 Å². The van der Waals surface area contributed by atoms with Crippen LogP contribution >= 0.6 is 22.7 Å². The Kier molecular flexibility index (Phi) is 6.89. The van der Waals surface area contributed by atoms with Gasteiger partial charge in [0.05, 0.1) is 0 Å². The molecule has 0 saturated carbocycles. The molecule has 0 N–H and O–H groups in total. The molecule has 0 radical (unpaired) electrons. The van der Waals surface area contributed by atoms with Gasteiger partial charge in [-0.15, -0.1) is 22.7 Å². The van der Waals surface area contributed by atoms with E-state index in [4.69, 9.17) is 0 Å². The summed E-state index contributed by atoms with van der Waals surface area (Å²) >= 11 is 3.83. The zero-order valence-corrected chi connectivity index (χ0v) is 33.6. The Balaban J connectivity index is 1.06. The van der Waals surface area contributed by atoms with Gasteiger partial charge in [0.1, 0.15) is 8.07 Å². The van der Waals surface area contributed by atoms with E-state index >= 15 is 0 Å². The first-order chi connectivity index (χ1) is 27.5. The van der Waals surface area contributed by atoms with E-state index in [-0.39, 0.29) is 0 Å².